The zero-order valence-electron chi connectivity index (χ0n) is 13.2. The normalized spacial score (nSPS) is 13.8. The van der Waals surface area contributed by atoms with Gasteiger partial charge in [-0.2, -0.15) is 0 Å². The van der Waals surface area contributed by atoms with E-state index in [0.29, 0.717) is 6.42 Å². The van der Waals surface area contributed by atoms with Crippen LogP contribution in [0.5, 0.6) is 0 Å². The maximum Gasteiger partial charge on any atom is 0.135 e. The number of anilines is 2. The molecule has 0 amide bonds. The molecule has 20 heavy (non-hydrogen) atoms. The zero-order valence-corrected chi connectivity index (χ0v) is 13.2. The minimum atomic E-state index is -0.144. The van der Waals surface area contributed by atoms with Crippen molar-refractivity contribution in [2.24, 2.45) is 0 Å². The molecule has 1 unspecified atom stereocenters. The van der Waals surface area contributed by atoms with E-state index in [0.717, 1.165) is 43.0 Å². The lowest BCUT2D eigenvalue weighted by Gasteiger charge is -2.31. The fourth-order valence-electron chi connectivity index (χ4n) is 2.19. The molecule has 1 heterocycles. The van der Waals surface area contributed by atoms with Crippen LogP contribution in [-0.2, 0) is 6.42 Å². The molecule has 0 aliphatic heterocycles. The van der Waals surface area contributed by atoms with Crippen LogP contribution in [0.1, 0.15) is 52.5 Å². The Bertz CT molecular complexity index is 411. The number of aliphatic hydroxyl groups excluding tert-OH is 1. The fourth-order valence-corrected chi connectivity index (χ4v) is 2.19. The minimum Gasteiger partial charge on any atom is -0.396 e. The second-order valence-electron chi connectivity index (χ2n) is 5.34. The zero-order chi connectivity index (χ0) is 15.0. The Kier molecular flexibility index (Phi) is 6.71. The molecular formula is C15H28N4O. The molecule has 1 aromatic rings. The molecule has 0 saturated heterocycles. The highest BCUT2D eigenvalue weighted by molar-refractivity contribution is 5.58. The summed E-state index contributed by atoms with van der Waals surface area (Å²) in [5, 5.41) is 16.0. The smallest absolute Gasteiger partial charge is 0.135 e. The van der Waals surface area contributed by atoms with Crippen LogP contribution in [0.3, 0.4) is 0 Å². The quantitative estimate of drug-likeness (QED) is 0.649. The van der Waals surface area contributed by atoms with Crippen molar-refractivity contribution < 1.29 is 5.11 Å². The molecule has 114 valence electrons. The van der Waals surface area contributed by atoms with E-state index in [9.17, 15) is 5.11 Å². The highest BCUT2D eigenvalue weighted by Crippen LogP contribution is 2.27. The van der Waals surface area contributed by atoms with Crippen molar-refractivity contribution in [2.75, 3.05) is 23.8 Å². The fraction of sp³-hybridized carbons (Fsp3) is 0.733. The maximum absolute atomic E-state index is 9.24. The lowest BCUT2D eigenvalue weighted by atomic mass is 9.94. The minimum absolute atomic E-state index is 0.144. The average Bonchev–Trinajstić information content (AvgIpc) is 2.43. The van der Waals surface area contributed by atoms with Crippen molar-refractivity contribution in [3.05, 3.63) is 11.9 Å². The van der Waals surface area contributed by atoms with Gasteiger partial charge in [0.2, 0.25) is 0 Å². The summed E-state index contributed by atoms with van der Waals surface area (Å²) in [5.74, 6) is 1.80. The summed E-state index contributed by atoms with van der Waals surface area (Å²) in [6, 6.07) is 0. The van der Waals surface area contributed by atoms with Gasteiger partial charge in [-0.05, 0) is 33.1 Å². The number of aliphatic hydroxyl groups is 1. The van der Waals surface area contributed by atoms with Gasteiger partial charge in [0.25, 0.3) is 0 Å². The van der Waals surface area contributed by atoms with Crippen LogP contribution in [0, 0.1) is 0 Å². The van der Waals surface area contributed by atoms with E-state index in [2.05, 4.69) is 48.3 Å². The summed E-state index contributed by atoms with van der Waals surface area (Å²) in [7, 11) is 0. The summed E-state index contributed by atoms with van der Waals surface area (Å²) < 4.78 is 0. The van der Waals surface area contributed by atoms with Gasteiger partial charge in [0.15, 0.2) is 0 Å². The lowest BCUT2D eigenvalue weighted by molar-refractivity contribution is 0.251. The third-order valence-electron chi connectivity index (χ3n) is 3.65. The Morgan fingerprint density at radius 1 is 1.20 bits per heavy atom. The van der Waals surface area contributed by atoms with E-state index in [-0.39, 0.29) is 12.1 Å². The highest BCUT2D eigenvalue weighted by Gasteiger charge is 2.23. The molecule has 0 aromatic carbocycles. The van der Waals surface area contributed by atoms with Gasteiger partial charge in [-0.15, -0.1) is 0 Å². The molecule has 0 saturated carbocycles. The lowest BCUT2D eigenvalue weighted by Crippen LogP contribution is -2.36. The Morgan fingerprint density at radius 3 is 2.45 bits per heavy atom. The predicted molar refractivity (Wildman–Crippen MR) is 84.2 cm³/mol. The van der Waals surface area contributed by atoms with Gasteiger partial charge in [0, 0.05) is 24.3 Å². The van der Waals surface area contributed by atoms with Crippen LogP contribution in [0.25, 0.3) is 0 Å². The number of aromatic nitrogens is 2. The molecule has 0 aliphatic carbocycles. The van der Waals surface area contributed by atoms with Crippen LogP contribution >= 0.6 is 0 Å². The highest BCUT2D eigenvalue weighted by atomic mass is 16.3. The van der Waals surface area contributed by atoms with Gasteiger partial charge in [-0.3, -0.25) is 0 Å². The van der Waals surface area contributed by atoms with Crippen LogP contribution in [0.4, 0.5) is 11.6 Å². The molecule has 3 N–H and O–H groups in total. The van der Waals surface area contributed by atoms with Gasteiger partial charge >= 0.3 is 0 Å². The van der Waals surface area contributed by atoms with Crippen molar-refractivity contribution in [3.8, 4) is 0 Å². The standard InChI is InChI=1S/C15H28N4O/c1-5-8-12-13(16-7-3)17-11-18-14(12)19-15(4,6-2)9-10-20/h11,20H,5-10H2,1-4H3,(H2,16,17,18,19). The summed E-state index contributed by atoms with van der Waals surface area (Å²) in [6.07, 6.45) is 5.21. The molecule has 1 atom stereocenters. The van der Waals surface area contributed by atoms with Crippen molar-refractivity contribution in [2.45, 2.75) is 58.9 Å². The van der Waals surface area contributed by atoms with Gasteiger partial charge in [-0.25, -0.2) is 9.97 Å². The van der Waals surface area contributed by atoms with Crippen LogP contribution in [-0.4, -0.2) is 33.8 Å². The Labute approximate surface area is 122 Å². The van der Waals surface area contributed by atoms with Crippen molar-refractivity contribution >= 4 is 11.6 Å². The van der Waals surface area contributed by atoms with Crippen LogP contribution < -0.4 is 10.6 Å². The van der Waals surface area contributed by atoms with Crippen LogP contribution in [0.15, 0.2) is 6.33 Å². The first-order valence-corrected chi connectivity index (χ1v) is 7.57. The third-order valence-corrected chi connectivity index (χ3v) is 3.65. The Hall–Kier alpha value is -1.36. The summed E-state index contributed by atoms with van der Waals surface area (Å²) >= 11 is 0. The summed E-state index contributed by atoms with van der Waals surface area (Å²) in [4.78, 5) is 8.75. The molecule has 0 spiro atoms. The third kappa shape index (κ3) is 4.34. The average molecular weight is 280 g/mol. The van der Waals surface area contributed by atoms with E-state index in [1.54, 1.807) is 6.33 Å². The largest absolute Gasteiger partial charge is 0.396 e. The van der Waals surface area contributed by atoms with E-state index < -0.39 is 0 Å². The number of rotatable bonds is 9. The summed E-state index contributed by atoms with van der Waals surface area (Å²) in [6.45, 7) is 9.47. The van der Waals surface area contributed by atoms with E-state index in [1.165, 1.54) is 0 Å². The van der Waals surface area contributed by atoms with E-state index >= 15 is 0 Å². The van der Waals surface area contributed by atoms with Gasteiger partial charge in [-0.1, -0.05) is 20.3 Å². The monoisotopic (exact) mass is 280 g/mol. The predicted octanol–water partition coefficient (Wildman–Crippen LogP) is 2.82. The molecule has 1 aromatic heterocycles. The molecular weight excluding hydrogens is 252 g/mol. The van der Waals surface area contributed by atoms with E-state index in [1.807, 2.05) is 0 Å². The molecule has 5 nitrogen and oxygen atoms in total. The van der Waals surface area contributed by atoms with Crippen molar-refractivity contribution in [1.29, 1.82) is 0 Å². The Morgan fingerprint density at radius 2 is 1.90 bits per heavy atom. The number of hydrogen-bond donors (Lipinski definition) is 3. The van der Waals surface area contributed by atoms with Crippen molar-refractivity contribution in [3.63, 3.8) is 0 Å². The first-order chi connectivity index (χ1) is 9.60. The molecule has 0 aliphatic rings. The number of nitrogens with zero attached hydrogens (tertiary/aromatic N) is 2. The second-order valence-corrected chi connectivity index (χ2v) is 5.34. The number of hydrogen-bond acceptors (Lipinski definition) is 5. The first-order valence-electron chi connectivity index (χ1n) is 7.57. The number of nitrogens with one attached hydrogen (secondary N) is 2. The molecule has 1 rings (SSSR count). The molecule has 5 heteroatoms. The molecule has 0 fully saturated rings. The van der Waals surface area contributed by atoms with Crippen LogP contribution in [0.2, 0.25) is 0 Å². The summed E-state index contributed by atoms with van der Waals surface area (Å²) in [5.41, 5.74) is 0.990. The molecule has 0 radical (unpaired) electrons. The van der Waals surface area contributed by atoms with Gasteiger partial charge < -0.3 is 15.7 Å². The maximum atomic E-state index is 9.24. The first kappa shape index (κ1) is 16.7. The SMILES string of the molecule is CCCc1c(NCC)ncnc1NC(C)(CC)CCO. The van der Waals surface area contributed by atoms with Gasteiger partial charge in [0.1, 0.15) is 18.0 Å². The van der Waals surface area contributed by atoms with Crippen molar-refractivity contribution in [1.82, 2.24) is 9.97 Å². The Balaban J connectivity index is 3.06. The molecule has 0 bridgehead atoms. The van der Waals surface area contributed by atoms with E-state index in [4.69, 9.17) is 0 Å². The topological polar surface area (TPSA) is 70.1 Å². The second kappa shape index (κ2) is 8.04. The van der Waals surface area contributed by atoms with Gasteiger partial charge in [0.05, 0.1) is 0 Å².